The number of fused-ring (bicyclic) bond motifs is 1. The number of carbonyl (C=O) groups excluding carboxylic acids is 1. The van der Waals surface area contributed by atoms with Crippen molar-refractivity contribution < 1.29 is 13.7 Å². The summed E-state index contributed by atoms with van der Waals surface area (Å²) in [6.07, 6.45) is 1.33. The third-order valence-electron chi connectivity index (χ3n) is 3.43. The molecule has 0 N–H and O–H groups in total. The zero-order valence-corrected chi connectivity index (χ0v) is 16.1. The highest BCUT2D eigenvalue weighted by atomic mass is 32.2. The van der Waals surface area contributed by atoms with Crippen LogP contribution in [0.5, 0.6) is 0 Å². The van der Waals surface area contributed by atoms with Crippen LogP contribution in [-0.2, 0) is 28.8 Å². The lowest BCUT2D eigenvalue weighted by Crippen LogP contribution is -2.33. The average molecular weight is 350 g/mol. The lowest BCUT2D eigenvalue weighted by atomic mass is 10.1. The van der Waals surface area contributed by atoms with Crippen LogP contribution < -0.4 is 0 Å². The van der Waals surface area contributed by atoms with E-state index in [1.807, 2.05) is 59.7 Å². The molecule has 0 aromatic heterocycles. The maximum absolute atomic E-state index is 12.2. The molecule has 5 nitrogen and oxygen atoms in total. The predicted octanol–water partition coefficient (Wildman–Crippen LogP) is 3.82. The van der Waals surface area contributed by atoms with Crippen LogP contribution in [0.25, 0.3) is 0 Å². The van der Waals surface area contributed by atoms with E-state index in [0.29, 0.717) is 13.1 Å². The van der Waals surface area contributed by atoms with Crippen LogP contribution in [0.2, 0.25) is 0 Å². The SMILES string of the molecule is CC(C)(C)OC(=O)N1Cc2ccc(/C=N/[S@@](=O)C(C)(C)C)cc2C1. The summed E-state index contributed by atoms with van der Waals surface area (Å²) in [5.41, 5.74) is 2.57. The standard InChI is InChI=1S/C18H26N2O3S/c1-17(2,3)23-16(21)20-11-14-8-7-13(9-15(14)12-20)10-19-24(22)18(4,5)6/h7-10H,11-12H2,1-6H3/b19-10+/t24-/m0/s1. The molecule has 0 unspecified atom stereocenters. The van der Waals surface area contributed by atoms with Crippen molar-refractivity contribution in [1.29, 1.82) is 0 Å². The third-order valence-corrected chi connectivity index (χ3v) is 4.77. The molecule has 1 heterocycles. The van der Waals surface area contributed by atoms with Gasteiger partial charge in [0.15, 0.2) is 0 Å². The molecule has 1 aromatic rings. The lowest BCUT2D eigenvalue weighted by Gasteiger charge is -2.24. The summed E-state index contributed by atoms with van der Waals surface area (Å²) in [5.74, 6) is 0. The smallest absolute Gasteiger partial charge is 0.410 e. The molecule has 0 saturated heterocycles. The zero-order chi connectivity index (χ0) is 18.1. The first-order chi connectivity index (χ1) is 11.0. The lowest BCUT2D eigenvalue weighted by molar-refractivity contribution is 0.0242. The van der Waals surface area contributed by atoms with E-state index in [-0.39, 0.29) is 10.8 Å². The van der Waals surface area contributed by atoms with Crippen LogP contribution >= 0.6 is 0 Å². The first kappa shape index (κ1) is 18.6. The number of hydrogen-bond donors (Lipinski definition) is 0. The highest BCUT2D eigenvalue weighted by Gasteiger charge is 2.27. The van der Waals surface area contributed by atoms with Crippen molar-refractivity contribution in [2.24, 2.45) is 4.40 Å². The minimum absolute atomic E-state index is 0.303. The number of hydrogen-bond acceptors (Lipinski definition) is 3. The largest absolute Gasteiger partial charge is 0.444 e. The fraction of sp³-hybridized carbons (Fsp3) is 0.556. The topological polar surface area (TPSA) is 59.0 Å². The predicted molar refractivity (Wildman–Crippen MR) is 97.4 cm³/mol. The van der Waals surface area contributed by atoms with Gasteiger partial charge in [-0.05, 0) is 64.3 Å². The number of carbonyl (C=O) groups is 1. The van der Waals surface area contributed by atoms with Gasteiger partial charge in [0.1, 0.15) is 16.6 Å². The minimum atomic E-state index is -1.28. The monoisotopic (exact) mass is 350 g/mol. The fourth-order valence-corrected chi connectivity index (χ4v) is 2.75. The summed E-state index contributed by atoms with van der Waals surface area (Å²) < 4.78 is 21.2. The molecule has 6 heteroatoms. The van der Waals surface area contributed by atoms with E-state index >= 15 is 0 Å². The molecule has 24 heavy (non-hydrogen) atoms. The van der Waals surface area contributed by atoms with Gasteiger partial charge >= 0.3 is 6.09 Å². The van der Waals surface area contributed by atoms with Gasteiger partial charge in [-0.1, -0.05) is 12.1 Å². The Bertz CT molecular complexity index is 684. The van der Waals surface area contributed by atoms with Gasteiger partial charge in [0.25, 0.3) is 0 Å². The van der Waals surface area contributed by atoms with Gasteiger partial charge < -0.3 is 4.74 Å². The Labute approximate surface area is 146 Å². The van der Waals surface area contributed by atoms with Gasteiger partial charge in [-0.25, -0.2) is 9.00 Å². The molecular formula is C18H26N2O3S. The minimum Gasteiger partial charge on any atom is -0.444 e. The summed E-state index contributed by atoms with van der Waals surface area (Å²) in [7, 11) is -1.28. The van der Waals surface area contributed by atoms with Crippen molar-refractivity contribution in [3.8, 4) is 0 Å². The van der Waals surface area contributed by atoms with E-state index in [2.05, 4.69) is 4.40 Å². The summed E-state index contributed by atoms with van der Waals surface area (Å²) in [6, 6.07) is 5.91. The molecular weight excluding hydrogens is 324 g/mol. The maximum atomic E-state index is 12.2. The number of benzene rings is 1. The first-order valence-corrected chi connectivity index (χ1v) is 9.12. The second-order valence-electron chi connectivity index (χ2n) is 7.96. The Morgan fingerprint density at radius 3 is 2.38 bits per heavy atom. The fourth-order valence-electron chi connectivity index (χ4n) is 2.22. The van der Waals surface area contributed by atoms with E-state index in [9.17, 15) is 9.00 Å². The Morgan fingerprint density at radius 1 is 1.17 bits per heavy atom. The quantitative estimate of drug-likeness (QED) is 0.762. The molecule has 0 saturated carbocycles. The van der Waals surface area contributed by atoms with Gasteiger partial charge in [-0.2, -0.15) is 4.40 Å². The van der Waals surface area contributed by atoms with Crippen LogP contribution in [-0.4, -0.2) is 31.8 Å². The second-order valence-corrected chi connectivity index (χ2v) is 9.89. The Morgan fingerprint density at radius 2 is 1.79 bits per heavy atom. The van der Waals surface area contributed by atoms with E-state index in [1.165, 1.54) is 0 Å². The number of rotatable bonds is 2. The van der Waals surface area contributed by atoms with Crippen molar-refractivity contribution >= 4 is 23.3 Å². The van der Waals surface area contributed by atoms with Crippen molar-refractivity contribution in [1.82, 2.24) is 4.90 Å². The average Bonchev–Trinajstić information content (AvgIpc) is 2.85. The molecule has 0 aliphatic carbocycles. The first-order valence-electron chi connectivity index (χ1n) is 8.01. The highest BCUT2D eigenvalue weighted by molar-refractivity contribution is 7.85. The Kier molecular flexibility index (Phi) is 5.18. The van der Waals surface area contributed by atoms with Crippen LogP contribution in [0, 0.1) is 0 Å². The molecule has 1 aliphatic rings. The van der Waals surface area contributed by atoms with Gasteiger partial charge in [-0.3, -0.25) is 4.90 Å². The second kappa shape index (κ2) is 6.67. The van der Waals surface area contributed by atoms with E-state index in [4.69, 9.17) is 4.74 Å². The van der Waals surface area contributed by atoms with Gasteiger partial charge in [0, 0.05) is 19.3 Å². The zero-order valence-electron chi connectivity index (χ0n) is 15.3. The number of amides is 1. The summed E-state index contributed by atoms with van der Waals surface area (Å²) in [5, 5.41) is 0. The van der Waals surface area contributed by atoms with Crippen LogP contribution in [0.1, 0.15) is 58.2 Å². The summed E-state index contributed by atoms with van der Waals surface area (Å²) >= 11 is 0. The molecule has 1 aliphatic heterocycles. The molecule has 1 atom stereocenters. The van der Waals surface area contributed by atoms with E-state index in [0.717, 1.165) is 16.7 Å². The molecule has 1 amide bonds. The molecule has 0 radical (unpaired) electrons. The van der Waals surface area contributed by atoms with Crippen molar-refractivity contribution in [2.75, 3.05) is 0 Å². The van der Waals surface area contributed by atoms with Gasteiger partial charge in [0.05, 0.1) is 4.75 Å². The van der Waals surface area contributed by atoms with Crippen LogP contribution in [0.4, 0.5) is 4.79 Å². The van der Waals surface area contributed by atoms with Gasteiger partial charge in [-0.15, -0.1) is 0 Å². The summed E-state index contributed by atoms with van der Waals surface area (Å²) in [4.78, 5) is 13.9. The van der Waals surface area contributed by atoms with E-state index < -0.39 is 16.6 Å². The number of nitrogens with zero attached hydrogens (tertiary/aromatic N) is 2. The van der Waals surface area contributed by atoms with Crippen molar-refractivity contribution in [3.63, 3.8) is 0 Å². The third kappa shape index (κ3) is 4.90. The highest BCUT2D eigenvalue weighted by Crippen LogP contribution is 2.25. The normalized spacial score (nSPS) is 16.3. The molecule has 0 spiro atoms. The Balaban J connectivity index is 2.08. The molecule has 1 aromatic carbocycles. The molecule has 2 rings (SSSR count). The van der Waals surface area contributed by atoms with Crippen molar-refractivity contribution in [3.05, 3.63) is 34.9 Å². The van der Waals surface area contributed by atoms with Crippen LogP contribution in [0.15, 0.2) is 22.6 Å². The molecule has 0 bridgehead atoms. The van der Waals surface area contributed by atoms with Crippen LogP contribution in [0.3, 0.4) is 0 Å². The summed E-state index contributed by atoms with van der Waals surface area (Å²) in [6.45, 7) is 12.3. The van der Waals surface area contributed by atoms with E-state index in [1.54, 1.807) is 11.1 Å². The van der Waals surface area contributed by atoms with Crippen molar-refractivity contribution in [2.45, 2.75) is 65.0 Å². The molecule has 0 fully saturated rings. The van der Waals surface area contributed by atoms with Gasteiger partial charge in [0.2, 0.25) is 0 Å². The number of ether oxygens (including phenoxy) is 1. The molecule has 132 valence electrons. The Hall–Kier alpha value is -1.69. The maximum Gasteiger partial charge on any atom is 0.410 e.